The third kappa shape index (κ3) is 2.41. The molecule has 2 rings (SSSR count). The average Bonchev–Trinajstić information content (AvgIpc) is 2.71. The third-order valence-corrected chi connectivity index (χ3v) is 4.46. The Kier molecular flexibility index (Phi) is 3.72. The molecule has 0 saturated carbocycles. The van der Waals surface area contributed by atoms with Crippen LogP contribution in [0, 0.1) is 0 Å². The second kappa shape index (κ2) is 5.11. The lowest BCUT2D eigenvalue weighted by Gasteiger charge is -2.35. The molecule has 2 heterocycles. The maximum absolute atomic E-state index is 11.4. The number of hydrogen-bond acceptors (Lipinski definition) is 6. The number of rotatable bonds is 3. The lowest BCUT2D eigenvalue weighted by atomic mass is 10.0. The maximum Gasteiger partial charge on any atom is 0.255 e. The van der Waals surface area contributed by atoms with E-state index < -0.39 is 5.91 Å². The Hall–Kier alpha value is -1.34. The van der Waals surface area contributed by atoms with Crippen LogP contribution in [0.15, 0.2) is 0 Å². The summed E-state index contributed by atoms with van der Waals surface area (Å²) in [5.74, 6) is -0.265. The van der Waals surface area contributed by atoms with E-state index in [0.717, 1.165) is 30.9 Å². The van der Waals surface area contributed by atoms with Gasteiger partial charge in [0.05, 0.1) is 0 Å². The highest BCUT2D eigenvalue weighted by Crippen LogP contribution is 2.32. The molecule has 7 heteroatoms. The molecule has 6 nitrogen and oxygen atoms in total. The fraction of sp³-hybridized carbons (Fsp3) is 0.636. The Labute approximate surface area is 111 Å². The lowest BCUT2D eigenvalue weighted by molar-refractivity contribution is 0.100. The van der Waals surface area contributed by atoms with Gasteiger partial charge in [0.2, 0.25) is 0 Å². The summed E-state index contributed by atoms with van der Waals surface area (Å²) < 4.78 is 4.04. The van der Waals surface area contributed by atoms with Crippen molar-refractivity contribution in [3.05, 3.63) is 5.56 Å². The molecule has 1 amide bonds. The van der Waals surface area contributed by atoms with Gasteiger partial charge in [-0.2, -0.15) is 4.37 Å². The van der Waals surface area contributed by atoms with Crippen molar-refractivity contribution < 1.29 is 4.79 Å². The Morgan fingerprint density at radius 3 is 2.67 bits per heavy atom. The highest BCUT2D eigenvalue weighted by molar-refractivity contribution is 7.11. The average molecular weight is 269 g/mol. The van der Waals surface area contributed by atoms with E-state index in [1.165, 1.54) is 11.5 Å². The number of amides is 1. The van der Waals surface area contributed by atoms with Crippen molar-refractivity contribution in [3.63, 3.8) is 0 Å². The minimum atomic E-state index is -0.504. The van der Waals surface area contributed by atoms with E-state index in [9.17, 15) is 4.79 Å². The molecule has 1 aromatic rings. The van der Waals surface area contributed by atoms with Gasteiger partial charge in [-0.25, -0.2) is 0 Å². The molecule has 1 fully saturated rings. The predicted octanol–water partition coefficient (Wildman–Crippen LogP) is 0.355. The molecule has 0 unspecified atom stereocenters. The van der Waals surface area contributed by atoms with Crippen LogP contribution in [0.5, 0.6) is 0 Å². The van der Waals surface area contributed by atoms with E-state index in [0.29, 0.717) is 11.6 Å². The molecule has 1 saturated heterocycles. The molecule has 0 aromatic carbocycles. The smallest absolute Gasteiger partial charge is 0.255 e. The Morgan fingerprint density at radius 2 is 2.11 bits per heavy atom. The van der Waals surface area contributed by atoms with Crippen molar-refractivity contribution in [2.45, 2.75) is 18.9 Å². The summed E-state index contributed by atoms with van der Waals surface area (Å²) in [4.78, 5) is 15.8. The van der Waals surface area contributed by atoms with Crippen LogP contribution in [0.4, 0.5) is 10.8 Å². The van der Waals surface area contributed by atoms with Crippen LogP contribution in [0.25, 0.3) is 0 Å². The van der Waals surface area contributed by atoms with Crippen LogP contribution in [0.3, 0.4) is 0 Å². The quantitative estimate of drug-likeness (QED) is 0.827. The Bertz CT molecular complexity index is 439. The van der Waals surface area contributed by atoms with Crippen molar-refractivity contribution in [1.29, 1.82) is 0 Å². The summed E-state index contributed by atoms with van der Waals surface area (Å²) in [6.45, 7) is 2.13. The number of nitrogen functional groups attached to an aromatic ring is 1. The molecule has 1 aliphatic rings. The van der Waals surface area contributed by atoms with E-state index in [-0.39, 0.29) is 5.82 Å². The number of likely N-dealkylation sites (tertiary alicyclic amines) is 1. The van der Waals surface area contributed by atoms with Crippen LogP contribution in [0.2, 0.25) is 0 Å². The topological polar surface area (TPSA) is 88.5 Å². The fourth-order valence-corrected chi connectivity index (χ4v) is 3.16. The van der Waals surface area contributed by atoms with Gasteiger partial charge in [0.1, 0.15) is 10.6 Å². The molecule has 0 aliphatic carbocycles. The summed E-state index contributed by atoms with van der Waals surface area (Å²) in [5, 5.41) is 0.787. The first-order valence-electron chi connectivity index (χ1n) is 5.97. The van der Waals surface area contributed by atoms with Gasteiger partial charge in [-0.1, -0.05) is 0 Å². The van der Waals surface area contributed by atoms with Crippen LogP contribution in [0.1, 0.15) is 23.2 Å². The number of carbonyl (C=O) groups is 1. The summed E-state index contributed by atoms with van der Waals surface area (Å²) in [6.07, 6.45) is 2.14. The van der Waals surface area contributed by atoms with Gasteiger partial charge in [-0.15, -0.1) is 0 Å². The first kappa shape index (κ1) is 13.1. The minimum Gasteiger partial charge on any atom is -0.382 e. The van der Waals surface area contributed by atoms with E-state index in [1.54, 1.807) is 0 Å². The number of nitrogens with two attached hydrogens (primary N) is 2. The molecule has 1 aromatic heterocycles. The SMILES string of the molecule is CN1CCC(N(C)c2snc(N)c2C(N)=O)CC1. The van der Waals surface area contributed by atoms with Crippen LogP contribution < -0.4 is 16.4 Å². The van der Waals surface area contributed by atoms with Crippen molar-refractivity contribution >= 4 is 28.3 Å². The first-order chi connectivity index (χ1) is 8.50. The molecular weight excluding hydrogens is 250 g/mol. The van der Waals surface area contributed by atoms with Crippen LogP contribution in [-0.4, -0.2) is 48.4 Å². The molecular formula is C11H19N5OS. The van der Waals surface area contributed by atoms with E-state index in [1.807, 2.05) is 7.05 Å². The maximum atomic E-state index is 11.4. The molecule has 0 bridgehead atoms. The third-order valence-electron chi connectivity index (χ3n) is 3.50. The first-order valence-corrected chi connectivity index (χ1v) is 6.74. The summed E-state index contributed by atoms with van der Waals surface area (Å²) in [7, 11) is 4.10. The van der Waals surface area contributed by atoms with Gasteiger partial charge in [-0.3, -0.25) is 4.79 Å². The Morgan fingerprint density at radius 1 is 1.50 bits per heavy atom. The summed E-state index contributed by atoms with van der Waals surface area (Å²) in [5.41, 5.74) is 11.4. The second-order valence-corrected chi connectivity index (χ2v) is 5.51. The Balaban J connectivity index is 2.18. The minimum absolute atomic E-state index is 0.238. The van der Waals surface area contributed by atoms with Gasteiger partial charge in [0, 0.05) is 13.1 Å². The lowest BCUT2D eigenvalue weighted by Crippen LogP contribution is -2.42. The highest BCUT2D eigenvalue weighted by atomic mass is 32.1. The molecule has 0 spiro atoms. The van der Waals surface area contributed by atoms with E-state index >= 15 is 0 Å². The zero-order valence-corrected chi connectivity index (χ0v) is 11.5. The number of aromatic nitrogens is 1. The van der Waals surface area contributed by atoms with Crippen molar-refractivity contribution in [1.82, 2.24) is 9.27 Å². The van der Waals surface area contributed by atoms with Gasteiger partial charge in [0.25, 0.3) is 5.91 Å². The number of hydrogen-bond donors (Lipinski definition) is 2. The van der Waals surface area contributed by atoms with Gasteiger partial charge in [0.15, 0.2) is 5.82 Å². The molecule has 0 atom stereocenters. The van der Waals surface area contributed by atoms with E-state index in [2.05, 4.69) is 21.2 Å². The number of piperidine rings is 1. The monoisotopic (exact) mass is 269 g/mol. The molecule has 1 aliphatic heterocycles. The highest BCUT2D eigenvalue weighted by Gasteiger charge is 2.26. The van der Waals surface area contributed by atoms with Gasteiger partial charge >= 0.3 is 0 Å². The second-order valence-electron chi connectivity index (χ2n) is 4.76. The molecule has 0 radical (unpaired) electrons. The standard InChI is InChI=1S/C11H19N5OS/c1-15-5-3-7(4-6-15)16(2)11-8(10(13)17)9(12)14-18-11/h7H,3-6H2,1-2H3,(H2,12,14)(H2,13,17). The number of nitrogens with zero attached hydrogens (tertiary/aromatic N) is 3. The zero-order chi connectivity index (χ0) is 13.3. The largest absolute Gasteiger partial charge is 0.382 e. The number of anilines is 2. The van der Waals surface area contributed by atoms with E-state index in [4.69, 9.17) is 11.5 Å². The number of primary amides is 1. The number of carbonyl (C=O) groups excluding carboxylic acids is 1. The van der Waals surface area contributed by atoms with Crippen molar-refractivity contribution in [2.75, 3.05) is 37.8 Å². The van der Waals surface area contributed by atoms with Gasteiger partial charge in [-0.05, 0) is 44.5 Å². The summed E-state index contributed by atoms with van der Waals surface area (Å²) >= 11 is 1.24. The van der Waals surface area contributed by atoms with Crippen molar-refractivity contribution in [2.24, 2.45) is 5.73 Å². The fourth-order valence-electron chi connectivity index (χ4n) is 2.31. The predicted molar refractivity (Wildman–Crippen MR) is 74.0 cm³/mol. The molecule has 4 N–H and O–H groups in total. The van der Waals surface area contributed by atoms with Gasteiger partial charge < -0.3 is 21.3 Å². The molecule has 100 valence electrons. The zero-order valence-electron chi connectivity index (χ0n) is 10.7. The summed E-state index contributed by atoms with van der Waals surface area (Å²) in [6, 6.07) is 0.416. The normalized spacial score (nSPS) is 17.9. The van der Waals surface area contributed by atoms with Crippen molar-refractivity contribution in [3.8, 4) is 0 Å². The van der Waals surface area contributed by atoms with Crippen LogP contribution >= 0.6 is 11.5 Å². The van der Waals surface area contributed by atoms with Crippen LogP contribution in [-0.2, 0) is 0 Å². The molecule has 18 heavy (non-hydrogen) atoms.